The van der Waals surface area contributed by atoms with Crippen molar-refractivity contribution in [2.24, 2.45) is 5.92 Å². The van der Waals surface area contributed by atoms with Crippen LogP contribution in [0.5, 0.6) is 0 Å². The Kier molecular flexibility index (Phi) is 4.55. The summed E-state index contributed by atoms with van der Waals surface area (Å²) in [4.78, 5) is 10.3. The van der Waals surface area contributed by atoms with Gasteiger partial charge in [-0.25, -0.2) is 4.39 Å². The molecule has 1 aromatic rings. The molecule has 1 aliphatic heterocycles. The molecule has 0 spiro atoms. The van der Waals surface area contributed by atoms with Crippen LogP contribution in [0.15, 0.2) is 12.1 Å². The van der Waals surface area contributed by atoms with Crippen LogP contribution in [0, 0.1) is 21.8 Å². The quantitative estimate of drug-likeness (QED) is 0.660. The average molecular weight is 288 g/mol. The van der Waals surface area contributed by atoms with E-state index >= 15 is 0 Å². The van der Waals surface area contributed by atoms with E-state index in [4.69, 9.17) is 11.6 Å². The number of nitrogens with zero attached hydrogens (tertiary/aromatic N) is 1. The molecule has 1 fully saturated rings. The van der Waals surface area contributed by atoms with Crippen LogP contribution in [-0.4, -0.2) is 24.6 Å². The maximum absolute atomic E-state index is 13.2. The van der Waals surface area contributed by atoms with Gasteiger partial charge in [-0.05, 0) is 37.9 Å². The minimum Gasteiger partial charge on any atom is -0.379 e. The van der Waals surface area contributed by atoms with Gasteiger partial charge in [-0.3, -0.25) is 10.1 Å². The highest BCUT2D eigenvalue weighted by molar-refractivity contribution is 6.31. The molecule has 0 aromatic heterocycles. The lowest BCUT2D eigenvalue weighted by molar-refractivity contribution is -0.384. The Bertz CT molecular complexity index is 478. The molecule has 1 heterocycles. The summed E-state index contributed by atoms with van der Waals surface area (Å²) < 4.78 is 13.2. The van der Waals surface area contributed by atoms with Crippen molar-refractivity contribution in [1.82, 2.24) is 5.32 Å². The Morgan fingerprint density at radius 2 is 2.37 bits per heavy atom. The number of hydrogen-bond donors (Lipinski definition) is 2. The van der Waals surface area contributed by atoms with Gasteiger partial charge in [0.15, 0.2) is 0 Å². The molecule has 2 rings (SSSR count). The van der Waals surface area contributed by atoms with Crippen molar-refractivity contribution in [3.05, 3.63) is 33.1 Å². The van der Waals surface area contributed by atoms with Gasteiger partial charge in [0.05, 0.1) is 16.0 Å². The first-order chi connectivity index (χ1) is 9.08. The minimum atomic E-state index is -0.779. The Balaban J connectivity index is 2.09. The highest BCUT2D eigenvalue weighted by Crippen LogP contribution is 2.30. The zero-order valence-corrected chi connectivity index (χ0v) is 11.0. The summed E-state index contributed by atoms with van der Waals surface area (Å²) in [5, 5.41) is 17.0. The third kappa shape index (κ3) is 3.54. The first kappa shape index (κ1) is 14.0. The Hall–Kier alpha value is -1.40. The highest BCUT2D eigenvalue weighted by atomic mass is 35.5. The van der Waals surface area contributed by atoms with Crippen LogP contribution >= 0.6 is 11.6 Å². The standard InChI is InChI=1S/C12H15ClFN3O2/c13-9-4-11(12(17(18)19)5-10(9)14)16-7-8-2-1-3-15-6-8/h4-5,8,15-16H,1-3,6-7H2. The number of nitro groups is 1. The number of hydrogen-bond acceptors (Lipinski definition) is 4. The summed E-state index contributed by atoms with van der Waals surface area (Å²) in [6, 6.07) is 2.12. The van der Waals surface area contributed by atoms with Gasteiger partial charge in [0.2, 0.25) is 0 Å². The van der Waals surface area contributed by atoms with Crippen molar-refractivity contribution in [3.63, 3.8) is 0 Å². The molecule has 19 heavy (non-hydrogen) atoms. The molecule has 0 amide bonds. The Morgan fingerprint density at radius 3 is 3.00 bits per heavy atom. The lowest BCUT2D eigenvalue weighted by atomic mass is 9.99. The van der Waals surface area contributed by atoms with Crippen molar-refractivity contribution in [1.29, 1.82) is 0 Å². The molecule has 1 aromatic carbocycles. The van der Waals surface area contributed by atoms with E-state index in [0.29, 0.717) is 12.5 Å². The second kappa shape index (κ2) is 6.16. The first-order valence-electron chi connectivity index (χ1n) is 6.16. The van der Waals surface area contributed by atoms with Crippen LogP contribution < -0.4 is 10.6 Å². The van der Waals surface area contributed by atoms with E-state index < -0.39 is 10.7 Å². The Labute approximate surface area is 115 Å². The number of nitrogens with one attached hydrogen (secondary N) is 2. The van der Waals surface area contributed by atoms with Gasteiger partial charge in [0, 0.05) is 6.54 Å². The molecule has 0 saturated carbocycles. The zero-order chi connectivity index (χ0) is 13.8. The van der Waals surface area contributed by atoms with Gasteiger partial charge in [0.25, 0.3) is 5.69 Å². The third-order valence-electron chi connectivity index (χ3n) is 3.22. The van der Waals surface area contributed by atoms with Crippen LogP contribution in [0.3, 0.4) is 0 Å². The molecule has 0 bridgehead atoms. The maximum Gasteiger partial charge on any atom is 0.295 e. The van der Waals surface area contributed by atoms with Crippen molar-refractivity contribution in [3.8, 4) is 0 Å². The fourth-order valence-electron chi connectivity index (χ4n) is 2.18. The fraction of sp³-hybridized carbons (Fsp3) is 0.500. The van der Waals surface area contributed by atoms with Crippen LogP contribution in [0.25, 0.3) is 0 Å². The molecule has 1 atom stereocenters. The van der Waals surface area contributed by atoms with Crippen LogP contribution in [0.1, 0.15) is 12.8 Å². The van der Waals surface area contributed by atoms with Crippen molar-refractivity contribution in [2.45, 2.75) is 12.8 Å². The van der Waals surface area contributed by atoms with E-state index in [-0.39, 0.29) is 16.4 Å². The van der Waals surface area contributed by atoms with Crippen molar-refractivity contribution < 1.29 is 9.31 Å². The van der Waals surface area contributed by atoms with E-state index in [1.807, 2.05) is 0 Å². The smallest absolute Gasteiger partial charge is 0.295 e. The van der Waals surface area contributed by atoms with E-state index in [2.05, 4.69) is 10.6 Å². The van der Waals surface area contributed by atoms with E-state index in [9.17, 15) is 14.5 Å². The number of anilines is 1. The molecule has 1 unspecified atom stereocenters. The summed E-state index contributed by atoms with van der Waals surface area (Å²) in [6.45, 7) is 2.50. The topological polar surface area (TPSA) is 67.2 Å². The molecule has 2 N–H and O–H groups in total. The molecular formula is C12H15ClFN3O2. The van der Waals surface area contributed by atoms with Crippen LogP contribution in [0.4, 0.5) is 15.8 Å². The fourth-order valence-corrected chi connectivity index (χ4v) is 2.35. The minimum absolute atomic E-state index is 0.116. The van der Waals surface area contributed by atoms with Gasteiger partial charge in [-0.2, -0.15) is 0 Å². The van der Waals surface area contributed by atoms with Gasteiger partial charge in [0.1, 0.15) is 11.5 Å². The zero-order valence-electron chi connectivity index (χ0n) is 10.3. The van der Waals surface area contributed by atoms with Gasteiger partial charge >= 0.3 is 0 Å². The van der Waals surface area contributed by atoms with E-state index in [1.165, 1.54) is 6.07 Å². The summed E-state index contributed by atoms with van der Waals surface area (Å²) in [5.41, 5.74) is -0.0207. The van der Waals surface area contributed by atoms with Gasteiger partial charge in [-0.15, -0.1) is 0 Å². The van der Waals surface area contributed by atoms with Crippen molar-refractivity contribution in [2.75, 3.05) is 25.0 Å². The molecule has 0 aliphatic carbocycles. The summed E-state index contributed by atoms with van der Waals surface area (Å²) >= 11 is 5.66. The molecule has 0 radical (unpaired) electrons. The molecular weight excluding hydrogens is 273 g/mol. The number of rotatable bonds is 4. The van der Waals surface area contributed by atoms with Crippen LogP contribution in [-0.2, 0) is 0 Å². The molecule has 1 saturated heterocycles. The van der Waals surface area contributed by atoms with Gasteiger partial charge in [-0.1, -0.05) is 11.6 Å². The molecule has 1 aliphatic rings. The second-order valence-electron chi connectivity index (χ2n) is 4.63. The second-order valence-corrected chi connectivity index (χ2v) is 5.04. The Morgan fingerprint density at radius 1 is 1.58 bits per heavy atom. The third-order valence-corrected chi connectivity index (χ3v) is 3.51. The lowest BCUT2D eigenvalue weighted by Gasteiger charge is -2.23. The SMILES string of the molecule is O=[N+]([O-])c1cc(F)c(Cl)cc1NCC1CCCNC1. The maximum atomic E-state index is 13.2. The monoisotopic (exact) mass is 287 g/mol. The summed E-state index contributed by atoms with van der Waals surface area (Å²) in [5.74, 6) is -0.365. The normalized spacial score (nSPS) is 19.2. The van der Waals surface area contributed by atoms with Gasteiger partial charge < -0.3 is 10.6 Å². The summed E-state index contributed by atoms with van der Waals surface area (Å²) in [7, 11) is 0. The van der Waals surface area contributed by atoms with E-state index in [1.54, 1.807) is 0 Å². The number of nitro benzene ring substituents is 1. The highest BCUT2D eigenvalue weighted by Gasteiger charge is 2.19. The molecule has 104 valence electrons. The predicted octanol–water partition coefficient (Wildman–Crippen LogP) is 2.80. The average Bonchev–Trinajstić information content (AvgIpc) is 2.40. The number of piperidine rings is 1. The summed E-state index contributed by atoms with van der Waals surface area (Å²) in [6.07, 6.45) is 2.17. The largest absolute Gasteiger partial charge is 0.379 e. The van der Waals surface area contributed by atoms with E-state index in [0.717, 1.165) is 32.0 Å². The number of benzene rings is 1. The first-order valence-corrected chi connectivity index (χ1v) is 6.53. The predicted molar refractivity (Wildman–Crippen MR) is 72.1 cm³/mol. The molecule has 7 heteroatoms. The molecule has 5 nitrogen and oxygen atoms in total. The van der Waals surface area contributed by atoms with Crippen molar-refractivity contribution >= 4 is 23.0 Å². The lowest BCUT2D eigenvalue weighted by Crippen LogP contribution is -2.33. The van der Waals surface area contributed by atoms with Crippen LogP contribution in [0.2, 0.25) is 5.02 Å². The number of halogens is 2.